The average Bonchev–Trinajstić information content (AvgIpc) is 2.74. The summed E-state index contributed by atoms with van der Waals surface area (Å²) < 4.78 is 9.90. The minimum absolute atomic E-state index is 0.224. The van der Waals surface area contributed by atoms with Gasteiger partial charge < -0.3 is 20.1 Å². The molecule has 0 aromatic rings. The van der Waals surface area contributed by atoms with Gasteiger partial charge >= 0.3 is 12.1 Å². The molecule has 1 aliphatic heterocycles. The molecule has 2 atom stereocenters. The molecule has 6 heteroatoms. The van der Waals surface area contributed by atoms with Gasteiger partial charge in [-0.25, -0.2) is 4.79 Å². The van der Waals surface area contributed by atoms with Crippen LogP contribution in [0.1, 0.15) is 33.6 Å². The van der Waals surface area contributed by atoms with Crippen molar-refractivity contribution in [2.75, 3.05) is 20.2 Å². The van der Waals surface area contributed by atoms with E-state index >= 15 is 0 Å². The lowest BCUT2D eigenvalue weighted by Gasteiger charge is -2.24. The quantitative estimate of drug-likeness (QED) is 0.779. The summed E-state index contributed by atoms with van der Waals surface area (Å²) in [6, 6.07) is -0.617. The number of methoxy groups -OCH3 is 1. The topological polar surface area (TPSA) is 81.9 Å². The fourth-order valence-corrected chi connectivity index (χ4v) is 2.12. The van der Waals surface area contributed by atoms with Crippen LogP contribution in [0.25, 0.3) is 0 Å². The Hall–Kier alpha value is -1.30. The molecule has 1 rings (SSSR count). The molecule has 0 saturated carbocycles. The summed E-state index contributed by atoms with van der Waals surface area (Å²) in [6.45, 7) is 6.75. The molecule has 1 aliphatic rings. The SMILES string of the molecule is COC(=O)C(N)CC1CCN(C(=O)OC(C)(C)C)C1. The molecule has 1 fully saturated rings. The number of carbonyl (C=O) groups excluding carboxylic acids is 2. The number of nitrogens with zero attached hydrogens (tertiary/aromatic N) is 1. The maximum Gasteiger partial charge on any atom is 0.410 e. The second-order valence-electron chi connectivity index (χ2n) is 5.95. The van der Waals surface area contributed by atoms with E-state index in [2.05, 4.69) is 4.74 Å². The highest BCUT2D eigenvalue weighted by Crippen LogP contribution is 2.22. The van der Waals surface area contributed by atoms with Crippen LogP contribution in [0.5, 0.6) is 0 Å². The summed E-state index contributed by atoms with van der Waals surface area (Å²) in [7, 11) is 1.32. The van der Waals surface area contributed by atoms with E-state index in [1.54, 1.807) is 4.90 Å². The van der Waals surface area contributed by atoms with Crippen molar-refractivity contribution in [1.82, 2.24) is 4.90 Å². The number of hydrogen-bond acceptors (Lipinski definition) is 5. The number of nitrogens with two attached hydrogens (primary N) is 1. The number of rotatable bonds is 3. The third kappa shape index (κ3) is 5.06. The van der Waals surface area contributed by atoms with Gasteiger partial charge in [0.05, 0.1) is 7.11 Å². The molecule has 0 aromatic carbocycles. The largest absolute Gasteiger partial charge is 0.468 e. The highest BCUT2D eigenvalue weighted by molar-refractivity contribution is 5.75. The molecule has 1 saturated heterocycles. The highest BCUT2D eigenvalue weighted by atomic mass is 16.6. The van der Waals surface area contributed by atoms with Gasteiger partial charge in [0, 0.05) is 13.1 Å². The van der Waals surface area contributed by atoms with Crippen molar-refractivity contribution in [3.63, 3.8) is 0 Å². The highest BCUT2D eigenvalue weighted by Gasteiger charge is 2.31. The van der Waals surface area contributed by atoms with Crippen LogP contribution in [0.15, 0.2) is 0 Å². The standard InChI is InChI=1S/C13H24N2O4/c1-13(2,3)19-12(17)15-6-5-9(8-15)7-10(14)11(16)18-4/h9-10H,5-8,14H2,1-4H3. The summed E-state index contributed by atoms with van der Waals surface area (Å²) in [5.74, 6) is -0.183. The van der Waals surface area contributed by atoms with Crippen LogP contribution in [0.3, 0.4) is 0 Å². The van der Waals surface area contributed by atoms with Crippen LogP contribution in [0, 0.1) is 5.92 Å². The van der Waals surface area contributed by atoms with E-state index < -0.39 is 17.6 Å². The Morgan fingerprint density at radius 1 is 1.42 bits per heavy atom. The molecule has 0 bridgehead atoms. The third-order valence-corrected chi connectivity index (χ3v) is 3.03. The van der Waals surface area contributed by atoms with Gasteiger partial charge in [0.25, 0.3) is 0 Å². The zero-order valence-corrected chi connectivity index (χ0v) is 12.1. The van der Waals surface area contributed by atoms with E-state index in [4.69, 9.17) is 10.5 Å². The van der Waals surface area contributed by atoms with Crippen molar-refractivity contribution in [2.45, 2.75) is 45.3 Å². The molecule has 19 heavy (non-hydrogen) atoms. The monoisotopic (exact) mass is 272 g/mol. The lowest BCUT2D eigenvalue weighted by molar-refractivity contribution is -0.142. The summed E-state index contributed by atoms with van der Waals surface area (Å²) >= 11 is 0. The van der Waals surface area contributed by atoms with E-state index in [1.165, 1.54) is 7.11 Å². The van der Waals surface area contributed by atoms with Gasteiger partial charge in [-0.3, -0.25) is 4.79 Å². The zero-order chi connectivity index (χ0) is 14.6. The van der Waals surface area contributed by atoms with E-state index in [9.17, 15) is 9.59 Å². The fraction of sp³-hybridized carbons (Fsp3) is 0.846. The maximum atomic E-state index is 11.9. The van der Waals surface area contributed by atoms with Crippen LogP contribution in [0.4, 0.5) is 4.79 Å². The Labute approximate surface area is 114 Å². The van der Waals surface area contributed by atoms with Gasteiger partial charge in [-0.05, 0) is 39.5 Å². The Morgan fingerprint density at radius 2 is 2.05 bits per heavy atom. The Kier molecular flexibility index (Phi) is 5.17. The molecule has 1 heterocycles. The molecular weight excluding hydrogens is 248 g/mol. The average molecular weight is 272 g/mol. The molecule has 6 nitrogen and oxygen atoms in total. The van der Waals surface area contributed by atoms with Crippen molar-refractivity contribution < 1.29 is 19.1 Å². The van der Waals surface area contributed by atoms with Crippen LogP contribution in [0.2, 0.25) is 0 Å². The summed E-state index contributed by atoms with van der Waals surface area (Å²) in [5.41, 5.74) is 5.23. The molecular formula is C13H24N2O4. The molecule has 0 spiro atoms. The number of hydrogen-bond donors (Lipinski definition) is 1. The minimum Gasteiger partial charge on any atom is -0.468 e. The van der Waals surface area contributed by atoms with Gasteiger partial charge in [-0.15, -0.1) is 0 Å². The molecule has 0 aliphatic carbocycles. The number of amides is 1. The van der Waals surface area contributed by atoms with E-state index in [0.717, 1.165) is 6.42 Å². The van der Waals surface area contributed by atoms with E-state index in [1.807, 2.05) is 20.8 Å². The molecule has 2 unspecified atom stereocenters. The Bertz CT molecular complexity index is 338. The summed E-state index contributed by atoms with van der Waals surface area (Å²) in [4.78, 5) is 24.8. The van der Waals surface area contributed by atoms with Crippen LogP contribution >= 0.6 is 0 Å². The van der Waals surface area contributed by atoms with Gasteiger partial charge in [-0.1, -0.05) is 0 Å². The van der Waals surface area contributed by atoms with Crippen molar-refractivity contribution >= 4 is 12.1 Å². The predicted molar refractivity (Wildman–Crippen MR) is 70.5 cm³/mol. The van der Waals surface area contributed by atoms with Gasteiger partial charge in [0.2, 0.25) is 0 Å². The summed E-state index contributed by atoms with van der Waals surface area (Å²) in [5, 5.41) is 0. The van der Waals surface area contributed by atoms with Crippen LogP contribution in [-0.2, 0) is 14.3 Å². The first-order valence-electron chi connectivity index (χ1n) is 6.54. The molecule has 110 valence electrons. The van der Waals surface area contributed by atoms with E-state index in [0.29, 0.717) is 19.5 Å². The third-order valence-electron chi connectivity index (χ3n) is 3.03. The number of esters is 1. The van der Waals surface area contributed by atoms with Crippen LogP contribution < -0.4 is 5.73 Å². The molecule has 2 N–H and O–H groups in total. The minimum atomic E-state index is -0.617. The molecule has 0 aromatic heterocycles. The number of carbonyl (C=O) groups is 2. The summed E-state index contributed by atoms with van der Waals surface area (Å²) in [6.07, 6.45) is 1.07. The van der Waals surface area contributed by atoms with Crippen LogP contribution in [-0.4, -0.2) is 48.8 Å². The van der Waals surface area contributed by atoms with Crippen molar-refractivity contribution in [3.8, 4) is 0 Å². The first kappa shape index (κ1) is 15.8. The molecule has 1 amide bonds. The smallest absolute Gasteiger partial charge is 0.410 e. The number of ether oxygens (including phenoxy) is 2. The second-order valence-corrected chi connectivity index (χ2v) is 5.95. The maximum absolute atomic E-state index is 11.9. The Balaban J connectivity index is 2.41. The van der Waals surface area contributed by atoms with Crippen molar-refractivity contribution in [3.05, 3.63) is 0 Å². The molecule has 0 radical (unpaired) electrons. The predicted octanol–water partition coefficient (Wildman–Crippen LogP) is 1.13. The van der Waals surface area contributed by atoms with Crippen molar-refractivity contribution in [1.29, 1.82) is 0 Å². The van der Waals surface area contributed by atoms with Gasteiger partial charge in [0.15, 0.2) is 0 Å². The fourth-order valence-electron chi connectivity index (χ4n) is 2.12. The first-order chi connectivity index (χ1) is 8.73. The lowest BCUT2D eigenvalue weighted by atomic mass is 10.00. The zero-order valence-electron chi connectivity index (χ0n) is 12.1. The van der Waals surface area contributed by atoms with Gasteiger partial charge in [0.1, 0.15) is 11.6 Å². The Morgan fingerprint density at radius 3 is 2.58 bits per heavy atom. The second kappa shape index (κ2) is 6.23. The lowest BCUT2D eigenvalue weighted by Crippen LogP contribution is -2.37. The van der Waals surface area contributed by atoms with Crippen molar-refractivity contribution in [2.24, 2.45) is 11.7 Å². The van der Waals surface area contributed by atoms with E-state index in [-0.39, 0.29) is 12.0 Å². The first-order valence-corrected chi connectivity index (χ1v) is 6.54. The normalized spacial score (nSPS) is 21.1. The number of likely N-dealkylation sites (tertiary alicyclic amines) is 1. The van der Waals surface area contributed by atoms with Gasteiger partial charge in [-0.2, -0.15) is 0 Å².